The number of carboxylic acids is 1. The van der Waals surface area contributed by atoms with Crippen molar-refractivity contribution in [3.8, 4) is 0 Å². The number of aliphatic carboxylic acids is 1. The largest absolute Gasteiger partial charge is 0.481 e. The van der Waals surface area contributed by atoms with Crippen LogP contribution in [0.5, 0.6) is 0 Å². The molecule has 0 saturated heterocycles. The van der Waals surface area contributed by atoms with Crippen LogP contribution in [0.15, 0.2) is 36.5 Å². The van der Waals surface area contributed by atoms with Crippen LogP contribution in [0.25, 0.3) is 10.9 Å². The first-order valence-corrected chi connectivity index (χ1v) is 5.07. The summed E-state index contributed by atoms with van der Waals surface area (Å²) in [7, 11) is 0. The zero-order valence-electron chi connectivity index (χ0n) is 8.68. The monoisotopic (exact) mass is 216 g/mol. The SMILES string of the molecule is O=C(O)CCNc1cccc2ncccc12. The molecule has 1 aromatic carbocycles. The molecule has 4 nitrogen and oxygen atoms in total. The average molecular weight is 216 g/mol. The van der Waals surface area contributed by atoms with Crippen molar-refractivity contribution in [1.82, 2.24) is 4.98 Å². The Bertz CT molecular complexity index is 506. The van der Waals surface area contributed by atoms with Crippen molar-refractivity contribution in [3.63, 3.8) is 0 Å². The Morgan fingerprint density at radius 1 is 1.31 bits per heavy atom. The van der Waals surface area contributed by atoms with Gasteiger partial charge in [-0.25, -0.2) is 0 Å². The van der Waals surface area contributed by atoms with Crippen LogP contribution in [-0.4, -0.2) is 22.6 Å². The second kappa shape index (κ2) is 4.61. The van der Waals surface area contributed by atoms with E-state index in [9.17, 15) is 4.79 Å². The molecule has 1 aromatic heterocycles. The number of hydrogen-bond acceptors (Lipinski definition) is 3. The predicted molar refractivity (Wildman–Crippen MR) is 62.5 cm³/mol. The van der Waals surface area contributed by atoms with E-state index in [1.807, 2.05) is 30.3 Å². The van der Waals surface area contributed by atoms with Crippen molar-refractivity contribution in [2.45, 2.75) is 6.42 Å². The van der Waals surface area contributed by atoms with Crippen LogP contribution in [0.4, 0.5) is 5.69 Å². The number of aromatic nitrogens is 1. The molecule has 0 unspecified atom stereocenters. The van der Waals surface area contributed by atoms with Crippen molar-refractivity contribution in [3.05, 3.63) is 36.5 Å². The standard InChI is InChI=1S/C12H12N2O2/c15-12(16)6-8-14-11-5-1-4-10-9(11)3-2-7-13-10/h1-5,7,14H,6,8H2,(H,15,16). The van der Waals surface area contributed by atoms with E-state index in [4.69, 9.17) is 5.11 Å². The van der Waals surface area contributed by atoms with Gasteiger partial charge in [0.05, 0.1) is 11.9 Å². The van der Waals surface area contributed by atoms with Crippen LogP contribution in [0, 0.1) is 0 Å². The molecule has 2 aromatic rings. The Labute approximate surface area is 92.9 Å². The fourth-order valence-electron chi connectivity index (χ4n) is 1.56. The summed E-state index contributed by atoms with van der Waals surface area (Å²) in [5.74, 6) is -0.800. The van der Waals surface area contributed by atoms with Gasteiger partial charge in [0.2, 0.25) is 0 Å². The molecule has 0 aliphatic rings. The lowest BCUT2D eigenvalue weighted by molar-refractivity contribution is -0.136. The molecule has 0 saturated carbocycles. The topological polar surface area (TPSA) is 62.2 Å². The summed E-state index contributed by atoms with van der Waals surface area (Å²) in [4.78, 5) is 14.6. The molecule has 0 bridgehead atoms. The first-order valence-electron chi connectivity index (χ1n) is 5.07. The Hall–Kier alpha value is -2.10. The number of carbonyl (C=O) groups is 1. The number of pyridine rings is 1. The molecule has 16 heavy (non-hydrogen) atoms. The summed E-state index contributed by atoms with van der Waals surface area (Å²) in [6, 6.07) is 9.58. The number of fused-ring (bicyclic) bond motifs is 1. The molecule has 2 rings (SSSR count). The molecule has 0 amide bonds. The number of nitrogens with one attached hydrogen (secondary N) is 1. The van der Waals surface area contributed by atoms with Gasteiger partial charge in [-0.1, -0.05) is 6.07 Å². The Morgan fingerprint density at radius 3 is 3.00 bits per heavy atom. The zero-order chi connectivity index (χ0) is 11.4. The number of hydrogen-bond donors (Lipinski definition) is 2. The van der Waals surface area contributed by atoms with E-state index in [2.05, 4.69) is 10.3 Å². The molecule has 0 fully saturated rings. The minimum atomic E-state index is -0.800. The van der Waals surface area contributed by atoms with Crippen LogP contribution in [-0.2, 0) is 4.79 Å². The molecule has 0 atom stereocenters. The minimum Gasteiger partial charge on any atom is -0.481 e. The van der Waals surface area contributed by atoms with Gasteiger partial charge in [0, 0.05) is 23.8 Å². The quantitative estimate of drug-likeness (QED) is 0.821. The van der Waals surface area contributed by atoms with Crippen LogP contribution in [0.1, 0.15) is 6.42 Å². The predicted octanol–water partition coefficient (Wildman–Crippen LogP) is 2.12. The van der Waals surface area contributed by atoms with Gasteiger partial charge in [0.1, 0.15) is 0 Å². The average Bonchev–Trinajstić information content (AvgIpc) is 2.29. The highest BCUT2D eigenvalue weighted by Gasteiger charge is 2.01. The van der Waals surface area contributed by atoms with E-state index in [0.29, 0.717) is 6.54 Å². The van der Waals surface area contributed by atoms with Crippen LogP contribution in [0.2, 0.25) is 0 Å². The molecular formula is C12H12N2O2. The fourth-order valence-corrected chi connectivity index (χ4v) is 1.56. The lowest BCUT2D eigenvalue weighted by atomic mass is 10.2. The van der Waals surface area contributed by atoms with E-state index in [1.165, 1.54) is 0 Å². The highest BCUT2D eigenvalue weighted by Crippen LogP contribution is 2.20. The Morgan fingerprint density at radius 2 is 2.19 bits per heavy atom. The van der Waals surface area contributed by atoms with Crippen LogP contribution in [0.3, 0.4) is 0 Å². The third-order valence-corrected chi connectivity index (χ3v) is 2.30. The molecule has 0 radical (unpaired) electrons. The van der Waals surface area contributed by atoms with Gasteiger partial charge in [-0.3, -0.25) is 9.78 Å². The maximum absolute atomic E-state index is 10.4. The summed E-state index contributed by atoms with van der Waals surface area (Å²) in [6.07, 6.45) is 1.85. The number of anilines is 1. The van der Waals surface area contributed by atoms with Gasteiger partial charge in [-0.05, 0) is 24.3 Å². The van der Waals surface area contributed by atoms with Crippen molar-refractivity contribution in [2.24, 2.45) is 0 Å². The lowest BCUT2D eigenvalue weighted by Gasteiger charge is -2.07. The van der Waals surface area contributed by atoms with Gasteiger partial charge in [0.25, 0.3) is 0 Å². The lowest BCUT2D eigenvalue weighted by Crippen LogP contribution is -2.07. The smallest absolute Gasteiger partial charge is 0.305 e. The van der Waals surface area contributed by atoms with Gasteiger partial charge < -0.3 is 10.4 Å². The van der Waals surface area contributed by atoms with Crippen molar-refractivity contribution < 1.29 is 9.90 Å². The minimum absolute atomic E-state index is 0.108. The molecule has 2 N–H and O–H groups in total. The Balaban J connectivity index is 2.20. The first-order chi connectivity index (χ1) is 7.77. The molecule has 0 aliphatic heterocycles. The third-order valence-electron chi connectivity index (χ3n) is 2.30. The highest BCUT2D eigenvalue weighted by molar-refractivity contribution is 5.91. The fraction of sp³-hybridized carbons (Fsp3) is 0.167. The summed E-state index contributed by atoms with van der Waals surface area (Å²) >= 11 is 0. The van der Waals surface area contributed by atoms with Crippen LogP contribution < -0.4 is 5.32 Å². The maximum atomic E-state index is 10.4. The zero-order valence-corrected chi connectivity index (χ0v) is 8.68. The number of carboxylic acid groups (broad SMARTS) is 1. The van der Waals surface area contributed by atoms with E-state index in [0.717, 1.165) is 16.6 Å². The van der Waals surface area contributed by atoms with Gasteiger partial charge in [-0.15, -0.1) is 0 Å². The summed E-state index contributed by atoms with van der Waals surface area (Å²) < 4.78 is 0. The van der Waals surface area contributed by atoms with Gasteiger partial charge in [0.15, 0.2) is 0 Å². The molecule has 4 heteroatoms. The van der Waals surface area contributed by atoms with Gasteiger partial charge >= 0.3 is 5.97 Å². The molecule has 82 valence electrons. The van der Waals surface area contributed by atoms with Crippen molar-refractivity contribution >= 4 is 22.6 Å². The summed E-state index contributed by atoms with van der Waals surface area (Å²) in [5, 5.41) is 12.7. The first kappa shape index (κ1) is 10.4. The molecular weight excluding hydrogens is 204 g/mol. The van der Waals surface area contributed by atoms with E-state index < -0.39 is 5.97 Å². The molecule has 1 heterocycles. The van der Waals surface area contributed by atoms with E-state index in [-0.39, 0.29) is 6.42 Å². The van der Waals surface area contributed by atoms with E-state index in [1.54, 1.807) is 6.20 Å². The normalized spacial score (nSPS) is 10.2. The molecule has 0 spiro atoms. The van der Waals surface area contributed by atoms with Crippen LogP contribution >= 0.6 is 0 Å². The summed E-state index contributed by atoms with van der Waals surface area (Å²) in [5.41, 5.74) is 1.83. The maximum Gasteiger partial charge on any atom is 0.305 e. The van der Waals surface area contributed by atoms with Crippen molar-refractivity contribution in [2.75, 3.05) is 11.9 Å². The number of rotatable bonds is 4. The highest BCUT2D eigenvalue weighted by atomic mass is 16.4. The second-order valence-corrected chi connectivity index (χ2v) is 3.45. The Kier molecular flexibility index (Phi) is 3.00. The second-order valence-electron chi connectivity index (χ2n) is 3.45. The van der Waals surface area contributed by atoms with Crippen molar-refractivity contribution in [1.29, 1.82) is 0 Å². The number of nitrogens with zero attached hydrogens (tertiary/aromatic N) is 1. The third kappa shape index (κ3) is 2.28. The van der Waals surface area contributed by atoms with E-state index >= 15 is 0 Å². The molecule has 0 aliphatic carbocycles. The van der Waals surface area contributed by atoms with Gasteiger partial charge in [-0.2, -0.15) is 0 Å². The number of benzene rings is 1. The summed E-state index contributed by atoms with van der Waals surface area (Å²) in [6.45, 7) is 0.420.